The van der Waals surface area contributed by atoms with Crippen LogP contribution in [-0.4, -0.2) is 86.4 Å². The summed E-state index contributed by atoms with van der Waals surface area (Å²) in [6, 6.07) is 1.89. The normalized spacial score (nSPS) is 18.6. The number of Topliss-reactive ketones (excluding diaryl/α,β-unsaturated/α-hetero) is 1. The van der Waals surface area contributed by atoms with Crippen molar-refractivity contribution in [2.24, 2.45) is 0 Å². The van der Waals surface area contributed by atoms with Crippen molar-refractivity contribution in [2.75, 3.05) is 34.0 Å². The predicted octanol–water partition coefficient (Wildman–Crippen LogP) is 0.963. The van der Waals surface area contributed by atoms with Crippen LogP contribution in [0.15, 0.2) is 34.9 Å². The van der Waals surface area contributed by atoms with E-state index in [1.807, 2.05) is 0 Å². The molecule has 1 aliphatic heterocycles. The number of ketones is 1. The molecule has 3 N–H and O–H groups in total. The first-order valence-electron chi connectivity index (χ1n) is 12.4. The number of ether oxygens (including phenoxy) is 3. The van der Waals surface area contributed by atoms with E-state index in [1.54, 1.807) is 6.92 Å². The van der Waals surface area contributed by atoms with E-state index in [9.17, 15) is 32.3 Å². The number of rotatable bonds is 14. The highest BCUT2D eigenvalue weighted by Crippen LogP contribution is 2.31. The van der Waals surface area contributed by atoms with Gasteiger partial charge in [0.2, 0.25) is 11.8 Å². The molecule has 15 heteroatoms. The topological polar surface area (TPSA) is 161 Å². The van der Waals surface area contributed by atoms with Crippen molar-refractivity contribution >= 4 is 23.5 Å². The molecule has 224 valence electrons. The van der Waals surface area contributed by atoms with Crippen LogP contribution in [0.4, 0.5) is 13.2 Å². The Bertz CT molecular complexity index is 1260. The van der Waals surface area contributed by atoms with Crippen molar-refractivity contribution in [1.29, 1.82) is 0 Å². The summed E-state index contributed by atoms with van der Waals surface area (Å²) in [5.41, 5.74) is -2.03. The van der Waals surface area contributed by atoms with E-state index in [0.717, 1.165) is 12.1 Å². The number of hydrogen-bond donors (Lipinski definition) is 3. The average molecular weight is 585 g/mol. The third kappa shape index (κ3) is 8.58. The first-order valence-corrected chi connectivity index (χ1v) is 12.4. The number of carbonyl (C=O) groups excluding carboxylic acids is 4. The van der Waals surface area contributed by atoms with Crippen molar-refractivity contribution in [1.82, 2.24) is 21.1 Å². The molecule has 1 fully saturated rings. The molecule has 12 nitrogen and oxygen atoms in total. The fourth-order valence-electron chi connectivity index (χ4n) is 3.89. The smallest absolute Gasteiger partial charge is 0.382 e. The molecule has 2 heterocycles. The summed E-state index contributed by atoms with van der Waals surface area (Å²) in [6.07, 6.45) is -4.86. The average Bonchev–Trinajstić information content (AvgIpc) is 3.52. The summed E-state index contributed by atoms with van der Waals surface area (Å²) in [7, 11) is 2.58. The standard InChI is InChI=1S/C26H31F3N4O8/c1-14-8-18(33-41-14)22(35)31-20(12-39-4)24(37)32-19(11-38-3)23(36)30-17(21(34)25(2)13-40-25)10-15-6-5-7-16(9-15)26(27,28)29/h5-9,17,19-20H,10-13H2,1-4H3,(H,30,36)(H,31,35)(H,32,37)/t17?,19?,20-,25+/m0/s1. The van der Waals surface area contributed by atoms with Gasteiger partial charge >= 0.3 is 6.18 Å². The van der Waals surface area contributed by atoms with Gasteiger partial charge in [-0.25, -0.2) is 0 Å². The van der Waals surface area contributed by atoms with Gasteiger partial charge in [0, 0.05) is 20.3 Å². The summed E-state index contributed by atoms with van der Waals surface area (Å²) in [6.45, 7) is 2.58. The Morgan fingerprint density at radius 2 is 1.59 bits per heavy atom. The minimum Gasteiger partial charge on any atom is -0.382 e. The summed E-state index contributed by atoms with van der Waals surface area (Å²) in [5.74, 6) is -2.55. The van der Waals surface area contributed by atoms with E-state index >= 15 is 0 Å². The Morgan fingerprint density at radius 3 is 2.10 bits per heavy atom. The van der Waals surface area contributed by atoms with Crippen LogP contribution in [0, 0.1) is 6.92 Å². The lowest BCUT2D eigenvalue weighted by molar-refractivity contribution is -0.137. The summed E-state index contributed by atoms with van der Waals surface area (Å²) in [5, 5.41) is 11.0. The largest absolute Gasteiger partial charge is 0.416 e. The summed E-state index contributed by atoms with van der Waals surface area (Å²) in [4.78, 5) is 51.9. The molecule has 0 saturated carbocycles. The number of benzene rings is 1. The van der Waals surface area contributed by atoms with Crippen molar-refractivity contribution in [3.63, 3.8) is 0 Å². The fourth-order valence-corrected chi connectivity index (χ4v) is 3.89. The lowest BCUT2D eigenvalue weighted by Gasteiger charge is -2.25. The third-order valence-corrected chi connectivity index (χ3v) is 6.21. The number of alkyl halides is 3. The molecule has 1 aromatic heterocycles. The maximum Gasteiger partial charge on any atom is 0.416 e. The molecule has 0 bridgehead atoms. The molecule has 2 aromatic rings. The first-order chi connectivity index (χ1) is 19.3. The second-order valence-corrected chi connectivity index (χ2v) is 9.67. The zero-order valence-electron chi connectivity index (χ0n) is 22.8. The zero-order chi connectivity index (χ0) is 30.4. The third-order valence-electron chi connectivity index (χ3n) is 6.21. The monoisotopic (exact) mass is 584 g/mol. The number of epoxide rings is 1. The fraction of sp³-hybridized carbons (Fsp3) is 0.500. The Hall–Kier alpha value is -3.82. The number of methoxy groups -OCH3 is 2. The van der Waals surface area contributed by atoms with E-state index in [-0.39, 0.29) is 37.5 Å². The maximum absolute atomic E-state index is 13.3. The van der Waals surface area contributed by atoms with Crippen LogP contribution in [-0.2, 0) is 41.2 Å². The van der Waals surface area contributed by atoms with Crippen LogP contribution in [0.2, 0.25) is 0 Å². The van der Waals surface area contributed by atoms with Crippen molar-refractivity contribution in [3.8, 4) is 0 Å². The quantitative estimate of drug-likeness (QED) is 0.275. The van der Waals surface area contributed by atoms with Gasteiger partial charge in [0.25, 0.3) is 5.91 Å². The molecule has 4 atom stereocenters. The molecular weight excluding hydrogens is 553 g/mol. The van der Waals surface area contributed by atoms with Gasteiger partial charge in [0.05, 0.1) is 31.4 Å². The molecule has 1 aromatic carbocycles. The molecule has 3 rings (SSSR count). The van der Waals surface area contributed by atoms with Gasteiger partial charge in [0.1, 0.15) is 23.4 Å². The van der Waals surface area contributed by atoms with E-state index in [2.05, 4.69) is 21.1 Å². The Balaban J connectivity index is 1.75. The molecule has 41 heavy (non-hydrogen) atoms. The van der Waals surface area contributed by atoms with E-state index in [4.69, 9.17) is 18.7 Å². The van der Waals surface area contributed by atoms with Gasteiger partial charge in [-0.05, 0) is 31.9 Å². The highest BCUT2D eigenvalue weighted by atomic mass is 19.4. The first kappa shape index (κ1) is 31.7. The van der Waals surface area contributed by atoms with Gasteiger partial charge in [-0.2, -0.15) is 13.2 Å². The molecule has 1 saturated heterocycles. The summed E-state index contributed by atoms with van der Waals surface area (Å²) < 4.78 is 59.8. The number of hydrogen-bond acceptors (Lipinski definition) is 9. The molecule has 1 aliphatic rings. The maximum atomic E-state index is 13.3. The summed E-state index contributed by atoms with van der Waals surface area (Å²) >= 11 is 0. The minimum atomic E-state index is -4.60. The highest BCUT2D eigenvalue weighted by molar-refractivity contribution is 5.99. The zero-order valence-corrected chi connectivity index (χ0v) is 22.8. The number of amides is 3. The minimum absolute atomic E-state index is 0.0747. The van der Waals surface area contributed by atoms with Crippen LogP contribution in [0.3, 0.4) is 0 Å². The SMILES string of the molecule is COCC(NC(=O)[C@H](COC)NC(=O)c1cc(C)on1)C(=O)NC(Cc1cccc(C(F)(F)F)c1)C(=O)[C@@]1(C)CO1. The van der Waals surface area contributed by atoms with Gasteiger partial charge < -0.3 is 34.7 Å². The number of aromatic nitrogens is 1. The lowest BCUT2D eigenvalue weighted by atomic mass is 9.94. The van der Waals surface area contributed by atoms with Gasteiger partial charge in [0.15, 0.2) is 11.5 Å². The van der Waals surface area contributed by atoms with Gasteiger partial charge in [-0.15, -0.1) is 0 Å². The molecule has 2 unspecified atom stereocenters. The molecule has 0 aliphatic carbocycles. The van der Waals surface area contributed by atoms with E-state index in [0.29, 0.717) is 5.76 Å². The van der Waals surface area contributed by atoms with E-state index < -0.39 is 59.0 Å². The van der Waals surface area contributed by atoms with Crippen LogP contribution in [0.5, 0.6) is 0 Å². The van der Waals surface area contributed by atoms with Crippen LogP contribution in [0.25, 0.3) is 0 Å². The highest BCUT2D eigenvalue weighted by Gasteiger charge is 2.50. The van der Waals surface area contributed by atoms with Crippen molar-refractivity contribution in [3.05, 3.63) is 52.9 Å². The van der Waals surface area contributed by atoms with Gasteiger partial charge in [-0.3, -0.25) is 19.2 Å². The lowest BCUT2D eigenvalue weighted by Crippen LogP contribution is -2.59. The van der Waals surface area contributed by atoms with Crippen molar-refractivity contribution in [2.45, 2.75) is 50.2 Å². The Kier molecular flexibility index (Phi) is 10.2. The number of carbonyl (C=O) groups is 4. The number of halogens is 3. The molecule has 0 spiro atoms. The van der Waals surface area contributed by atoms with Crippen LogP contribution >= 0.6 is 0 Å². The molecular formula is C26H31F3N4O8. The van der Waals surface area contributed by atoms with Crippen LogP contribution in [0.1, 0.15) is 34.3 Å². The number of nitrogens with zero attached hydrogens (tertiary/aromatic N) is 1. The van der Waals surface area contributed by atoms with Crippen molar-refractivity contribution < 1.29 is 51.1 Å². The Morgan fingerprint density at radius 1 is 1.00 bits per heavy atom. The predicted molar refractivity (Wildman–Crippen MR) is 135 cm³/mol. The number of aryl methyl sites for hydroxylation is 1. The van der Waals surface area contributed by atoms with Crippen LogP contribution < -0.4 is 16.0 Å². The Labute approximate surface area is 233 Å². The second kappa shape index (κ2) is 13.2. The molecule has 3 amide bonds. The van der Waals surface area contributed by atoms with Gasteiger partial charge in [-0.1, -0.05) is 23.4 Å². The second-order valence-electron chi connectivity index (χ2n) is 9.67. The van der Waals surface area contributed by atoms with E-state index in [1.165, 1.54) is 39.3 Å². The molecule has 0 radical (unpaired) electrons. The number of nitrogens with one attached hydrogen (secondary N) is 3.